The average Bonchev–Trinajstić information content (AvgIpc) is 2.25. The molecule has 0 atom stereocenters. The summed E-state index contributed by atoms with van der Waals surface area (Å²) >= 11 is 0. The van der Waals surface area contributed by atoms with E-state index in [4.69, 9.17) is 0 Å². The van der Waals surface area contributed by atoms with Gasteiger partial charge in [-0.1, -0.05) is 19.9 Å². The molecule has 0 radical (unpaired) electrons. The zero-order valence-corrected chi connectivity index (χ0v) is 11.7. The van der Waals surface area contributed by atoms with Crippen LogP contribution in [0.25, 0.3) is 0 Å². The number of aryl methyl sites for hydroxylation is 1. The lowest BCUT2D eigenvalue weighted by Gasteiger charge is -2.31. The fourth-order valence-corrected chi connectivity index (χ4v) is 2.04. The Balaban J connectivity index is 2.98. The van der Waals surface area contributed by atoms with E-state index >= 15 is 0 Å². The highest BCUT2D eigenvalue weighted by Gasteiger charge is 2.12. The fraction of sp³-hybridized carbons (Fsp3) is 0.600. The zero-order valence-electron chi connectivity index (χ0n) is 11.7. The molecule has 0 heterocycles. The van der Waals surface area contributed by atoms with E-state index in [0.29, 0.717) is 12.0 Å². The zero-order chi connectivity index (χ0) is 13.0. The maximum atomic E-state index is 9.19. The molecule has 0 aromatic heterocycles. The number of nitrogens with zero attached hydrogens (tertiary/aromatic N) is 1. The third kappa shape index (κ3) is 3.74. The lowest BCUT2D eigenvalue weighted by atomic mass is 10.1. The highest BCUT2D eigenvalue weighted by atomic mass is 16.3. The van der Waals surface area contributed by atoms with Crippen LogP contribution < -0.4 is 4.90 Å². The number of hydrogen-bond donors (Lipinski definition) is 1. The van der Waals surface area contributed by atoms with Crippen molar-refractivity contribution in [1.82, 2.24) is 0 Å². The van der Waals surface area contributed by atoms with Crippen molar-refractivity contribution in [2.24, 2.45) is 5.92 Å². The first-order valence-electron chi connectivity index (χ1n) is 6.42. The van der Waals surface area contributed by atoms with E-state index in [2.05, 4.69) is 51.7 Å². The van der Waals surface area contributed by atoms with Crippen molar-refractivity contribution in [2.75, 3.05) is 11.4 Å². The minimum atomic E-state index is 0.123. The molecule has 2 nitrogen and oxygen atoms in total. The monoisotopic (exact) mass is 235 g/mol. The van der Waals surface area contributed by atoms with Gasteiger partial charge in [0, 0.05) is 18.3 Å². The number of anilines is 1. The first-order valence-corrected chi connectivity index (χ1v) is 6.42. The van der Waals surface area contributed by atoms with Crippen LogP contribution in [0.15, 0.2) is 18.2 Å². The second-order valence-electron chi connectivity index (χ2n) is 5.41. The van der Waals surface area contributed by atoms with Gasteiger partial charge in [-0.25, -0.2) is 0 Å². The van der Waals surface area contributed by atoms with Crippen LogP contribution in [0.1, 0.15) is 38.8 Å². The lowest BCUT2D eigenvalue weighted by molar-refractivity contribution is 0.281. The summed E-state index contributed by atoms with van der Waals surface area (Å²) in [4.78, 5) is 2.42. The molecular formula is C15H25NO. The summed E-state index contributed by atoms with van der Waals surface area (Å²) in [6.07, 6.45) is 0. The molecule has 0 amide bonds. The highest BCUT2D eigenvalue weighted by Crippen LogP contribution is 2.22. The molecule has 1 aromatic rings. The SMILES string of the molecule is Cc1cc(N(CC(C)C)C(C)C)ccc1CO. The minimum Gasteiger partial charge on any atom is -0.392 e. The van der Waals surface area contributed by atoms with Crippen LogP contribution >= 0.6 is 0 Å². The normalized spacial score (nSPS) is 11.3. The molecule has 0 unspecified atom stereocenters. The van der Waals surface area contributed by atoms with E-state index in [-0.39, 0.29) is 6.61 Å². The Kier molecular flexibility index (Phi) is 5.01. The predicted molar refractivity (Wildman–Crippen MR) is 74.4 cm³/mol. The van der Waals surface area contributed by atoms with E-state index in [1.165, 1.54) is 11.3 Å². The second-order valence-corrected chi connectivity index (χ2v) is 5.41. The van der Waals surface area contributed by atoms with Gasteiger partial charge in [0.15, 0.2) is 0 Å². The Morgan fingerprint density at radius 3 is 2.24 bits per heavy atom. The molecule has 1 aromatic carbocycles. The molecule has 0 saturated heterocycles. The van der Waals surface area contributed by atoms with Crippen molar-refractivity contribution >= 4 is 5.69 Å². The highest BCUT2D eigenvalue weighted by molar-refractivity contribution is 5.51. The Labute approximate surface area is 105 Å². The van der Waals surface area contributed by atoms with Gasteiger partial charge >= 0.3 is 0 Å². The summed E-state index contributed by atoms with van der Waals surface area (Å²) in [5, 5.41) is 9.19. The number of hydrogen-bond acceptors (Lipinski definition) is 2. The van der Waals surface area contributed by atoms with E-state index in [9.17, 15) is 5.11 Å². The van der Waals surface area contributed by atoms with Crippen molar-refractivity contribution in [1.29, 1.82) is 0 Å². The molecule has 0 saturated carbocycles. The van der Waals surface area contributed by atoms with Crippen molar-refractivity contribution in [3.05, 3.63) is 29.3 Å². The van der Waals surface area contributed by atoms with Crippen LogP contribution in [0.2, 0.25) is 0 Å². The van der Waals surface area contributed by atoms with E-state index in [1.54, 1.807) is 0 Å². The molecule has 96 valence electrons. The van der Waals surface area contributed by atoms with Gasteiger partial charge in [0.05, 0.1) is 6.61 Å². The van der Waals surface area contributed by atoms with E-state index in [0.717, 1.165) is 12.1 Å². The van der Waals surface area contributed by atoms with Crippen LogP contribution in [0.3, 0.4) is 0 Å². The Hall–Kier alpha value is -1.02. The van der Waals surface area contributed by atoms with Gasteiger partial charge in [-0.2, -0.15) is 0 Å². The van der Waals surface area contributed by atoms with Crippen molar-refractivity contribution in [3.8, 4) is 0 Å². The van der Waals surface area contributed by atoms with Gasteiger partial charge in [-0.3, -0.25) is 0 Å². The third-order valence-corrected chi connectivity index (χ3v) is 3.01. The summed E-state index contributed by atoms with van der Waals surface area (Å²) in [7, 11) is 0. The van der Waals surface area contributed by atoms with Gasteiger partial charge in [0.25, 0.3) is 0 Å². The summed E-state index contributed by atoms with van der Waals surface area (Å²) < 4.78 is 0. The van der Waals surface area contributed by atoms with Crippen molar-refractivity contribution in [3.63, 3.8) is 0 Å². The van der Waals surface area contributed by atoms with E-state index < -0.39 is 0 Å². The average molecular weight is 235 g/mol. The first-order chi connectivity index (χ1) is 7.95. The third-order valence-electron chi connectivity index (χ3n) is 3.01. The largest absolute Gasteiger partial charge is 0.392 e. The molecule has 1 rings (SSSR count). The van der Waals surface area contributed by atoms with Crippen LogP contribution in [0.5, 0.6) is 0 Å². The number of aliphatic hydroxyl groups is 1. The number of aliphatic hydroxyl groups excluding tert-OH is 1. The fourth-order valence-electron chi connectivity index (χ4n) is 2.04. The minimum absolute atomic E-state index is 0.123. The van der Waals surface area contributed by atoms with Gasteiger partial charge < -0.3 is 10.0 Å². The van der Waals surface area contributed by atoms with Crippen LogP contribution in [0.4, 0.5) is 5.69 Å². The maximum absolute atomic E-state index is 9.19. The number of rotatable bonds is 5. The first kappa shape index (κ1) is 14.0. The Morgan fingerprint density at radius 2 is 1.82 bits per heavy atom. The lowest BCUT2D eigenvalue weighted by Crippen LogP contribution is -2.34. The number of benzene rings is 1. The van der Waals surface area contributed by atoms with Gasteiger partial charge in [0.1, 0.15) is 0 Å². The molecule has 0 fully saturated rings. The van der Waals surface area contributed by atoms with E-state index in [1.807, 2.05) is 6.07 Å². The molecule has 17 heavy (non-hydrogen) atoms. The summed E-state index contributed by atoms with van der Waals surface area (Å²) in [6, 6.07) is 6.81. The molecule has 0 spiro atoms. The van der Waals surface area contributed by atoms with Gasteiger partial charge in [0.2, 0.25) is 0 Å². The summed E-state index contributed by atoms with van der Waals surface area (Å²) in [5.74, 6) is 0.648. The molecular weight excluding hydrogens is 210 g/mol. The molecule has 1 N–H and O–H groups in total. The second kappa shape index (κ2) is 6.06. The van der Waals surface area contributed by atoms with Gasteiger partial charge in [-0.05, 0) is 49.9 Å². The topological polar surface area (TPSA) is 23.5 Å². The predicted octanol–water partition coefficient (Wildman–Crippen LogP) is 3.36. The van der Waals surface area contributed by atoms with Crippen LogP contribution in [-0.4, -0.2) is 17.7 Å². The molecule has 2 heteroatoms. The quantitative estimate of drug-likeness (QED) is 0.846. The van der Waals surface area contributed by atoms with Gasteiger partial charge in [-0.15, -0.1) is 0 Å². The molecule has 0 bridgehead atoms. The summed E-state index contributed by atoms with van der Waals surface area (Å²) in [5.41, 5.74) is 3.44. The Morgan fingerprint density at radius 1 is 1.18 bits per heavy atom. The summed E-state index contributed by atoms with van der Waals surface area (Å²) in [6.45, 7) is 12.2. The van der Waals surface area contributed by atoms with Crippen molar-refractivity contribution in [2.45, 2.75) is 47.3 Å². The standard InChI is InChI=1S/C15H25NO/c1-11(2)9-16(12(3)4)15-7-6-14(10-17)13(5)8-15/h6-8,11-12,17H,9-10H2,1-5H3. The molecule has 0 aliphatic carbocycles. The Bertz CT molecular complexity index is 358. The van der Waals surface area contributed by atoms with Crippen LogP contribution in [-0.2, 0) is 6.61 Å². The smallest absolute Gasteiger partial charge is 0.0684 e. The molecule has 0 aliphatic rings. The van der Waals surface area contributed by atoms with Crippen molar-refractivity contribution < 1.29 is 5.11 Å². The van der Waals surface area contributed by atoms with Crippen LogP contribution in [0, 0.1) is 12.8 Å². The molecule has 0 aliphatic heterocycles. The maximum Gasteiger partial charge on any atom is 0.0684 e.